The van der Waals surface area contributed by atoms with Crippen molar-refractivity contribution in [2.45, 2.75) is 11.1 Å². The molecule has 28 heavy (non-hydrogen) atoms. The SMILES string of the molecule is COc1ccc[n+](N(C)S(=O)(=O)c2ccc(C(F)(F)F)cc2)c1.F[B-](F)(F)F. The topological polar surface area (TPSA) is 50.5 Å². The molecule has 0 bridgehead atoms. The Bertz CT molecular complexity index is 881. The summed E-state index contributed by atoms with van der Waals surface area (Å²) in [4.78, 5) is -0.247. The Morgan fingerprint density at radius 1 is 1.04 bits per heavy atom. The Morgan fingerprint density at radius 3 is 1.96 bits per heavy atom. The highest BCUT2D eigenvalue weighted by molar-refractivity contribution is 7.92. The summed E-state index contributed by atoms with van der Waals surface area (Å²) in [5.74, 6) is 0.432. The molecule has 0 aliphatic carbocycles. The highest BCUT2D eigenvalue weighted by atomic mass is 32.2. The highest BCUT2D eigenvalue weighted by Crippen LogP contribution is 2.29. The standard InChI is InChI=1S/C14H14F3N2O3S.BF4/c1-18(19-9-3-4-12(10-19)22-2)23(20,21)13-7-5-11(6-8-13)14(15,16)17;2-1(3,4)5/h3-10H,1-2H3;/q+1;-1. The predicted octanol–water partition coefficient (Wildman–Crippen LogP) is 3.26. The molecule has 0 radical (unpaired) electrons. The number of hydrogen-bond donors (Lipinski definition) is 0. The molecule has 1 aromatic heterocycles. The van der Waals surface area contributed by atoms with Crippen molar-refractivity contribution >= 4 is 17.3 Å². The Morgan fingerprint density at radius 2 is 1.54 bits per heavy atom. The smallest absolute Gasteiger partial charge is 0.491 e. The molecule has 2 aromatic rings. The minimum Gasteiger partial charge on any atom is -0.491 e. The van der Waals surface area contributed by atoms with Gasteiger partial charge >= 0.3 is 23.5 Å². The van der Waals surface area contributed by atoms with Crippen LogP contribution in [0.4, 0.5) is 30.4 Å². The Labute approximate surface area is 156 Å². The lowest BCUT2D eigenvalue weighted by atomic mass is 10.2. The minimum atomic E-state index is -6.00. The van der Waals surface area contributed by atoms with E-state index >= 15 is 0 Å². The molecule has 2 rings (SSSR count). The predicted molar refractivity (Wildman–Crippen MR) is 86.1 cm³/mol. The van der Waals surface area contributed by atoms with Crippen molar-refractivity contribution in [2.75, 3.05) is 18.6 Å². The van der Waals surface area contributed by atoms with Crippen LogP contribution in [0.5, 0.6) is 5.75 Å². The zero-order valence-corrected chi connectivity index (χ0v) is 15.2. The molecular formula is C14H14BF7N2O3S. The number of halogens is 7. The lowest BCUT2D eigenvalue weighted by molar-refractivity contribution is -0.674. The third kappa shape index (κ3) is 6.90. The van der Waals surface area contributed by atoms with Gasteiger partial charge in [-0.1, -0.05) is 9.09 Å². The Balaban J connectivity index is 0.000000696. The number of aromatic nitrogens is 1. The summed E-state index contributed by atoms with van der Waals surface area (Å²) in [6, 6.07) is 6.53. The highest BCUT2D eigenvalue weighted by Gasteiger charge is 2.32. The quantitative estimate of drug-likeness (QED) is 0.422. The molecule has 0 saturated carbocycles. The Kier molecular flexibility index (Phi) is 7.29. The third-order valence-corrected chi connectivity index (χ3v) is 4.90. The van der Waals surface area contributed by atoms with Gasteiger partial charge in [0.1, 0.15) is 0 Å². The number of pyridine rings is 1. The van der Waals surface area contributed by atoms with Crippen LogP contribution in [0.3, 0.4) is 0 Å². The number of rotatable bonds is 4. The number of benzene rings is 1. The second-order valence-electron chi connectivity index (χ2n) is 5.08. The van der Waals surface area contributed by atoms with Crippen LogP contribution in [0, 0.1) is 0 Å². The van der Waals surface area contributed by atoms with Crippen molar-refractivity contribution in [3.05, 3.63) is 54.4 Å². The summed E-state index contributed by atoms with van der Waals surface area (Å²) < 4.78 is 109. The van der Waals surface area contributed by atoms with Gasteiger partial charge in [0.25, 0.3) is 0 Å². The van der Waals surface area contributed by atoms with Crippen LogP contribution < -0.4 is 13.8 Å². The van der Waals surface area contributed by atoms with Gasteiger partial charge in [-0.25, -0.2) is 0 Å². The molecule has 0 amide bonds. The Hall–Kier alpha value is -2.51. The van der Waals surface area contributed by atoms with Crippen LogP contribution in [0.1, 0.15) is 5.56 Å². The lowest BCUT2D eigenvalue weighted by Crippen LogP contribution is -2.57. The fraction of sp³-hybridized carbons (Fsp3) is 0.214. The lowest BCUT2D eigenvalue weighted by Gasteiger charge is -2.14. The van der Waals surface area contributed by atoms with Crippen LogP contribution in [0.15, 0.2) is 53.7 Å². The van der Waals surface area contributed by atoms with Gasteiger partial charge < -0.3 is 22.0 Å². The van der Waals surface area contributed by atoms with E-state index < -0.39 is 29.0 Å². The van der Waals surface area contributed by atoms with E-state index in [4.69, 9.17) is 4.74 Å². The normalized spacial score (nSPS) is 12.0. The van der Waals surface area contributed by atoms with Gasteiger partial charge in [-0.2, -0.15) is 21.6 Å². The first-order chi connectivity index (χ1) is 12.7. The van der Waals surface area contributed by atoms with Gasteiger partial charge in [0.15, 0.2) is 5.75 Å². The van der Waals surface area contributed by atoms with Crippen LogP contribution in [-0.2, 0) is 16.2 Å². The second kappa shape index (κ2) is 8.67. The van der Waals surface area contributed by atoms with E-state index in [-0.39, 0.29) is 4.90 Å². The minimum absolute atomic E-state index is 0.247. The molecule has 0 unspecified atom stereocenters. The molecule has 1 aromatic carbocycles. The van der Waals surface area contributed by atoms with Gasteiger partial charge in [-0.05, 0) is 30.3 Å². The van der Waals surface area contributed by atoms with Gasteiger partial charge in [-0.3, -0.25) is 0 Å². The summed E-state index contributed by atoms with van der Waals surface area (Å²) in [6.45, 7) is 0. The van der Waals surface area contributed by atoms with E-state index in [2.05, 4.69) is 0 Å². The van der Waals surface area contributed by atoms with Gasteiger partial charge in [0, 0.05) is 6.07 Å². The van der Waals surface area contributed by atoms with E-state index in [1.165, 1.54) is 31.2 Å². The first kappa shape index (κ1) is 23.5. The summed E-state index contributed by atoms with van der Waals surface area (Å²) in [6.07, 6.45) is -1.61. The van der Waals surface area contributed by atoms with Crippen molar-refractivity contribution < 1.29 is 48.3 Å². The molecule has 0 spiro atoms. The van der Waals surface area contributed by atoms with E-state index in [1.54, 1.807) is 12.1 Å². The molecule has 14 heteroatoms. The molecule has 156 valence electrons. The zero-order chi connectivity index (χ0) is 21.8. The number of ether oxygens (including phenoxy) is 1. The van der Waals surface area contributed by atoms with Crippen LogP contribution >= 0.6 is 0 Å². The second-order valence-corrected chi connectivity index (χ2v) is 7.03. The number of hydrogen-bond acceptors (Lipinski definition) is 3. The van der Waals surface area contributed by atoms with Crippen LogP contribution in [0.2, 0.25) is 0 Å². The maximum atomic E-state index is 12.5. The van der Waals surface area contributed by atoms with Crippen molar-refractivity contribution in [1.82, 2.24) is 0 Å². The van der Waals surface area contributed by atoms with Crippen molar-refractivity contribution in [1.29, 1.82) is 0 Å². The van der Waals surface area contributed by atoms with E-state index in [0.29, 0.717) is 5.75 Å². The maximum Gasteiger partial charge on any atom is 0.673 e. The average molecular weight is 434 g/mol. The molecule has 0 aliphatic heterocycles. The van der Waals surface area contributed by atoms with Gasteiger partial charge in [-0.15, -0.1) is 0 Å². The molecule has 0 fully saturated rings. The molecule has 0 saturated heterocycles. The first-order valence-corrected chi connectivity index (χ1v) is 8.69. The number of nitrogens with zero attached hydrogens (tertiary/aromatic N) is 2. The summed E-state index contributed by atoms with van der Waals surface area (Å²) in [5, 5.41) is 0. The number of methoxy groups -OCH3 is 1. The fourth-order valence-electron chi connectivity index (χ4n) is 1.83. The summed E-state index contributed by atoms with van der Waals surface area (Å²) >= 11 is 0. The fourth-order valence-corrected chi connectivity index (χ4v) is 2.97. The average Bonchev–Trinajstić information content (AvgIpc) is 2.59. The molecule has 0 N–H and O–H groups in total. The first-order valence-electron chi connectivity index (χ1n) is 7.25. The number of sulfonamides is 1. The molecule has 5 nitrogen and oxygen atoms in total. The number of alkyl halides is 3. The maximum absolute atomic E-state index is 12.5. The van der Waals surface area contributed by atoms with Gasteiger partial charge in [0.2, 0.25) is 12.4 Å². The summed E-state index contributed by atoms with van der Waals surface area (Å²) in [7, 11) is -7.29. The monoisotopic (exact) mass is 434 g/mol. The van der Waals surface area contributed by atoms with Gasteiger partial charge in [0.05, 0.1) is 24.6 Å². The largest absolute Gasteiger partial charge is 0.673 e. The summed E-state index contributed by atoms with van der Waals surface area (Å²) in [5.41, 5.74) is -0.909. The third-order valence-electron chi connectivity index (χ3n) is 3.15. The molecule has 1 heterocycles. The van der Waals surface area contributed by atoms with Crippen LogP contribution in [0.25, 0.3) is 0 Å². The molecule has 0 aliphatic rings. The van der Waals surface area contributed by atoms with Crippen LogP contribution in [-0.4, -0.2) is 29.8 Å². The molecule has 0 atom stereocenters. The van der Waals surface area contributed by atoms with Crippen molar-refractivity contribution in [2.24, 2.45) is 0 Å². The van der Waals surface area contributed by atoms with E-state index in [9.17, 15) is 38.9 Å². The van der Waals surface area contributed by atoms with E-state index in [1.807, 2.05) is 0 Å². The molecular weight excluding hydrogens is 420 g/mol. The zero-order valence-electron chi connectivity index (χ0n) is 14.4. The van der Waals surface area contributed by atoms with Crippen molar-refractivity contribution in [3.8, 4) is 5.75 Å². The van der Waals surface area contributed by atoms with E-state index in [0.717, 1.165) is 28.7 Å². The van der Waals surface area contributed by atoms with Crippen molar-refractivity contribution in [3.63, 3.8) is 0 Å².